The van der Waals surface area contributed by atoms with E-state index in [2.05, 4.69) is 9.97 Å². The first-order chi connectivity index (χ1) is 13.9. The molecule has 5 rings (SSSR count). The minimum atomic E-state index is 0.00881. The standard InChI is InChI=1S/C22H16N4O2/c1-2-8-16(9-3-1)21-24-14-19-17-10-4-5-11-18(17)22(25-26(19)21)28-15-27-20-12-6-7-13-23-20/h1-14H,15H2. The summed E-state index contributed by atoms with van der Waals surface area (Å²) in [5, 5.41) is 6.62. The third-order valence-electron chi connectivity index (χ3n) is 4.43. The molecule has 2 aromatic carbocycles. The predicted molar refractivity (Wildman–Crippen MR) is 106 cm³/mol. The number of ether oxygens (including phenoxy) is 2. The molecule has 0 radical (unpaired) electrons. The topological polar surface area (TPSA) is 61.5 Å². The first kappa shape index (κ1) is 16.3. The first-order valence-corrected chi connectivity index (χ1v) is 8.89. The van der Waals surface area contributed by atoms with Gasteiger partial charge in [-0.05, 0) is 12.1 Å². The van der Waals surface area contributed by atoms with Crippen molar-refractivity contribution in [2.24, 2.45) is 0 Å². The summed E-state index contributed by atoms with van der Waals surface area (Å²) in [4.78, 5) is 8.72. The van der Waals surface area contributed by atoms with Gasteiger partial charge < -0.3 is 9.47 Å². The average molecular weight is 368 g/mol. The highest BCUT2D eigenvalue weighted by Crippen LogP contribution is 2.29. The number of rotatable bonds is 5. The van der Waals surface area contributed by atoms with Gasteiger partial charge in [-0.3, -0.25) is 0 Å². The van der Waals surface area contributed by atoms with E-state index in [-0.39, 0.29) is 6.79 Å². The minimum absolute atomic E-state index is 0.00881. The maximum absolute atomic E-state index is 5.87. The van der Waals surface area contributed by atoms with Gasteiger partial charge in [-0.1, -0.05) is 54.6 Å². The number of fused-ring (bicyclic) bond motifs is 3. The van der Waals surface area contributed by atoms with E-state index in [1.54, 1.807) is 12.3 Å². The van der Waals surface area contributed by atoms with Crippen molar-refractivity contribution >= 4 is 16.3 Å². The normalized spacial score (nSPS) is 11.0. The zero-order valence-corrected chi connectivity index (χ0v) is 14.9. The van der Waals surface area contributed by atoms with Gasteiger partial charge in [0.25, 0.3) is 0 Å². The van der Waals surface area contributed by atoms with Crippen molar-refractivity contribution in [3.63, 3.8) is 0 Å². The van der Waals surface area contributed by atoms with Crippen LogP contribution in [-0.2, 0) is 0 Å². The van der Waals surface area contributed by atoms with Gasteiger partial charge in [-0.2, -0.15) is 0 Å². The number of aromatic nitrogens is 4. The van der Waals surface area contributed by atoms with E-state index in [1.165, 1.54) is 0 Å². The summed E-state index contributed by atoms with van der Waals surface area (Å²) < 4.78 is 13.3. The van der Waals surface area contributed by atoms with E-state index >= 15 is 0 Å². The highest BCUT2D eigenvalue weighted by molar-refractivity contribution is 5.98. The Hall–Kier alpha value is -3.93. The van der Waals surface area contributed by atoms with Crippen molar-refractivity contribution in [2.45, 2.75) is 0 Å². The fourth-order valence-corrected chi connectivity index (χ4v) is 3.14. The molecule has 6 heteroatoms. The summed E-state index contributed by atoms with van der Waals surface area (Å²) in [5.41, 5.74) is 1.91. The molecule has 6 nitrogen and oxygen atoms in total. The maximum Gasteiger partial charge on any atom is 0.242 e. The number of imidazole rings is 1. The molecule has 0 amide bonds. The fraction of sp³-hybridized carbons (Fsp3) is 0.0455. The predicted octanol–water partition coefficient (Wildman–Crippen LogP) is 4.36. The molecule has 0 fully saturated rings. The summed E-state index contributed by atoms with van der Waals surface area (Å²) in [6.07, 6.45) is 3.51. The van der Waals surface area contributed by atoms with Gasteiger partial charge in [-0.25, -0.2) is 14.5 Å². The Morgan fingerprint density at radius 1 is 0.750 bits per heavy atom. The van der Waals surface area contributed by atoms with E-state index in [4.69, 9.17) is 14.6 Å². The van der Waals surface area contributed by atoms with Crippen LogP contribution in [0.4, 0.5) is 0 Å². The molecule has 0 aliphatic heterocycles. The molecule has 136 valence electrons. The lowest BCUT2D eigenvalue weighted by atomic mass is 10.1. The molecule has 0 aliphatic carbocycles. The second-order valence-electron chi connectivity index (χ2n) is 6.17. The van der Waals surface area contributed by atoms with Crippen LogP contribution >= 0.6 is 0 Å². The van der Waals surface area contributed by atoms with Gasteiger partial charge in [0.05, 0.1) is 11.7 Å². The molecule has 0 bridgehead atoms. The number of nitrogens with zero attached hydrogens (tertiary/aromatic N) is 4. The van der Waals surface area contributed by atoms with Crippen molar-refractivity contribution in [3.05, 3.63) is 85.2 Å². The van der Waals surface area contributed by atoms with Crippen LogP contribution in [-0.4, -0.2) is 26.4 Å². The lowest BCUT2D eigenvalue weighted by Gasteiger charge is -2.11. The largest absolute Gasteiger partial charge is 0.440 e. The van der Waals surface area contributed by atoms with Gasteiger partial charge in [0.15, 0.2) is 5.82 Å². The molecular formula is C22H16N4O2. The van der Waals surface area contributed by atoms with Crippen molar-refractivity contribution < 1.29 is 9.47 Å². The molecule has 0 aliphatic rings. The second-order valence-corrected chi connectivity index (χ2v) is 6.17. The molecule has 0 saturated carbocycles. The van der Waals surface area contributed by atoms with E-state index < -0.39 is 0 Å². The van der Waals surface area contributed by atoms with Crippen LogP contribution in [0, 0.1) is 0 Å². The average Bonchev–Trinajstić information content (AvgIpc) is 3.19. The number of hydrogen-bond donors (Lipinski definition) is 0. The monoisotopic (exact) mass is 368 g/mol. The van der Waals surface area contributed by atoms with E-state index in [0.29, 0.717) is 11.8 Å². The number of pyridine rings is 1. The lowest BCUT2D eigenvalue weighted by molar-refractivity contribution is 0.111. The van der Waals surface area contributed by atoms with Gasteiger partial charge in [0.2, 0.25) is 18.6 Å². The summed E-state index contributed by atoms with van der Waals surface area (Å²) in [7, 11) is 0. The van der Waals surface area contributed by atoms with Crippen molar-refractivity contribution in [1.82, 2.24) is 19.6 Å². The minimum Gasteiger partial charge on any atom is -0.440 e. The summed E-state index contributed by atoms with van der Waals surface area (Å²) in [6, 6.07) is 23.4. The molecule has 0 spiro atoms. The van der Waals surface area contributed by atoms with Gasteiger partial charge in [0, 0.05) is 28.6 Å². The quantitative estimate of drug-likeness (QED) is 0.431. The molecule has 3 aromatic heterocycles. The summed E-state index contributed by atoms with van der Waals surface area (Å²) in [5.74, 6) is 1.74. The van der Waals surface area contributed by atoms with Crippen LogP contribution in [0.1, 0.15) is 0 Å². The Kier molecular flexibility index (Phi) is 4.06. The van der Waals surface area contributed by atoms with Crippen LogP contribution in [0.2, 0.25) is 0 Å². The highest BCUT2D eigenvalue weighted by atomic mass is 16.7. The maximum atomic E-state index is 5.87. The lowest BCUT2D eigenvalue weighted by Crippen LogP contribution is -2.09. The van der Waals surface area contributed by atoms with E-state index in [9.17, 15) is 0 Å². The van der Waals surface area contributed by atoms with E-state index in [0.717, 1.165) is 27.7 Å². The van der Waals surface area contributed by atoms with Gasteiger partial charge in [0.1, 0.15) is 0 Å². The second kappa shape index (κ2) is 7.00. The fourth-order valence-electron chi connectivity index (χ4n) is 3.14. The molecule has 0 N–H and O–H groups in total. The molecule has 3 heterocycles. The van der Waals surface area contributed by atoms with Crippen LogP contribution in [0.5, 0.6) is 11.8 Å². The zero-order valence-electron chi connectivity index (χ0n) is 14.9. The Bertz CT molecular complexity index is 1240. The molecule has 0 saturated heterocycles. The van der Waals surface area contributed by atoms with Gasteiger partial charge >= 0.3 is 0 Å². The van der Waals surface area contributed by atoms with E-state index in [1.807, 2.05) is 77.4 Å². The Balaban J connectivity index is 1.57. The van der Waals surface area contributed by atoms with Crippen LogP contribution in [0.15, 0.2) is 85.2 Å². The zero-order chi connectivity index (χ0) is 18.8. The van der Waals surface area contributed by atoms with Crippen LogP contribution < -0.4 is 9.47 Å². The third-order valence-corrected chi connectivity index (χ3v) is 4.43. The summed E-state index contributed by atoms with van der Waals surface area (Å²) in [6.45, 7) is 0.00881. The first-order valence-electron chi connectivity index (χ1n) is 8.89. The summed E-state index contributed by atoms with van der Waals surface area (Å²) >= 11 is 0. The van der Waals surface area contributed by atoms with Crippen LogP contribution in [0.25, 0.3) is 27.7 Å². The van der Waals surface area contributed by atoms with Crippen molar-refractivity contribution in [3.8, 4) is 23.1 Å². The van der Waals surface area contributed by atoms with Gasteiger partial charge in [-0.15, -0.1) is 5.10 Å². The van der Waals surface area contributed by atoms with Crippen molar-refractivity contribution in [2.75, 3.05) is 6.79 Å². The van der Waals surface area contributed by atoms with Crippen LogP contribution in [0.3, 0.4) is 0 Å². The third kappa shape index (κ3) is 2.91. The smallest absolute Gasteiger partial charge is 0.242 e. The van der Waals surface area contributed by atoms with Crippen molar-refractivity contribution in [1.29, 1.82) is 0 Å². The SMILES string of the molecule is c1ccc(-c2ncc3c4ccccc4c(OCOc4ccccn4)nn23)cc1. The molecule has 0 unspecified atom stereocenters. The Labute approximate surface area is 161 Å². The molecule has 0 atom stereocenters. The number of benzene rings is 2. The Morgan fingerprint density at radius 2 is 1.54 bits per heavy atom. The molecule has 5 aromatic rings. The number of hydrogen-bond acceptors (Lipinski definition) is 5. The Morgan fingerprint density at radius 3 is 2.36 bits per heavy atom. The highest BCUT2D eigenvalue weighted by Gasteiger charge is 2.14. The molecular weight excluding hydrogens is 352 g/mol. The molecule has 28 heavy (non-hydrogen) atoms.